The predicted molar refractivity (Wildman–Crippen MR) is 83.5 cm³/mol. The normalized spacial score (nSPS) is 27.0. The van der Waals surface area contributed by atoms with E-state index in [9.17, 15) is 4.79 Å². The lowest BCUT2D eigenvalue weighted by atomic mass is 9.74. The van der Waals surface area contributed by atoms with Crippen molar-refractivity contribution < 1.29 is 14.4 Å². The molecular weight excluding hydrogens is 296 g/mol. The Morgan fingerprint density at radius 3 is 3.09 bits per heavy atom. The van der Waals surface area contributed by atoms with Crippen LogP contribution in [0.2, 0.25) is 0 Å². The van der Waals surface area contributed by atoms with Crippen LogP contribution in [0.25, 0.3) is 10.4 Å². The summed E-state index contributed by atoms with van der Waals surface area (Å²) in [6.45, 7) is 2.43. The molecule has 2 saturated heterocycles. The fraction of sp³-hybridized carbons (Fsp3) is 0.562. The van der Waals surface area contributed by atoms with Gasteiger partial charge in [-0.1, -0.05) is 23.3 Å². The number of hydroxylamine groups is 2. The zero-order valence-corrected chi connectivity index (χ0v) is 12.9. The summed E-state index contributed by atoms with van der Waals surface area (Å²) in [5, 5.41) is 5.39. The van der Waals surface area contributed by atoms with Gasteiger partial charge in [0.2, 0.25) is 0 Å². The number of hydrogen-bond acceptors (Lipinski definition) is 5. The lowest BCUT2D eigenvalue weighted by Gasteiger charge is -2.42. The first-order valence-electron chi connectivity index (χ1n) is 7.88. The van der Waals surface area contributed by atoms with Crippen LogP contribution in [0.5, 0.6) is 0 Å². The number of carbonyl (C=O) groups is 1. The Morgan fingerprint density at radius 1 is 1.48 bits per heavy atom. The monoisotopic (exact) mass is 316 g/mol. The summed E-state index contributed by atoms with van der Waals surface area (Å²) in [5.41, 5.74) is 8.93. The van der Waals surface area contributed by atoms with Crippen LogP contribution in [0, 0.1) is 5.41 Å². The number of carbonyl (C=O) groups excluding carboxylic acids is 1. The minimum atomic E-state index is -0.340. The molecule has 1 aromatic rings. The van der Waals surface area contributed by atoms with Crippen LogP contribution in [0.1, 0.15) is 29.6 Å². The van der Waals surface area contributed by atoms with Crippen LogP contribution < -0.4 is 0 Å². The van der Waals surface area contributed by atoms with Crippen molar-refractivity contribution in [2.24, 2.45) is 10.5 Å². The Labute approximate surface area is 134 Å². The molecule has 0 aromatic heterocycles. The number of benzene rings is 1. The topological polar surface area (TPSA) is 87.5 Å². The molecule has 0 spiro atoms. The van der Waals surface area contributed by atoms with Crippen LogP contribution in [-0.2, 0) is 9.57 Å². The van der Waals surface area contributed by atoms with Crippen molar-refractivity contribution in [3.8, 4) is 0 Å². The molecule has 0 aliphatic carbocycles. The molecule has 3 rings (SSSR count). The molecular formula is C16H20N4O3. The van der Waals surface area contributed by atoms with Crippen molar-refractivity contribution in [1.82, 2.24) is 5.06 Å². The standard InChI is InChI=1S/C16H20N4O3/c17-19-18-9-7-16-8-11-22-14(16)6-10-20(12-16)23-15(21)13-4-2-1-3-5-13/h1-5,14H,6-12H2/t14-,16+/m1/s1. The van der Waals surface area contributed by atoms with E-state index in [-0.39, 0.29) is 17.5 Å². The first-order valence-corrected chi connectivity index (χ1v) is 7.88. The van der Waals surface area contributed by atoms with E-state index in [1.54, 1.807) is 17.2 Å². The van der Waals surface area contributed by atoms with Crippen molar-refractivity contribution in [3.05, 3.63) is 46.3 Å². The van der Waals surface area contributed by atoms with Gasteiger partial charge in [0, 0.05) is 36.6 Å². The average Bonchev–Trinajstić information content (AvgIpc) is 2.99. The van der Waals surface area contributed by atoms with Crippen LogP contribution >= 0.6 is 0 Å². The van der Waals surface area contributed by atoms with Gasteiger partial charge in [-0.2, -0.15) is 0 Å². The maximum absolute atomic E-state index is 12.2. The molecule has 7 heteroatoms. The van der Waals surface area contributed by atoms with Gasteiger partial charge in [-0.25, -0.2) is 4.79 Å². The quantitative estimate of drug-likeness (QED) is 0.474. The Kier molecular flexibility index (Phi) is 4.81. The van der Waals surface area contributed by atoms with E-state index in [4.69, 9.17) is 15.1 Å². The van der Waals surface area contributed by atoms with Gasteiger partial charge in [0.15, 0.2) is 0 Å². The van der Waals surface area contributed by atoms with Crippen molar-refractivity contribution in [3.63, 3.8) is 0 Å². The number of nitrogens with zero attached hydrogens (tertiary/aromatic N) is 4. The molecule has 0 bridgehead atoms. The number of rotatable bonds is 5. The summed E-state index contributed by atoms with van der Waals surface area (Å²) in [6, 6.07) is 8.98. The highest BCUT2D eigenvalue weighted by molar-refractivity contribution is 5.89. The molecule has 2 atom stereocenters. The van der Waals surface area contributed by atoms with Crippen LogP contribution in [0.4, 0.5) is 0 Å². The second kappa shape index (κ2) is 7.00. The molecule has 2 fully saturated rings. The molecule has 2 heterocycles. The first-order chi connectivity index (χ1) is 11.2. The van der Waals surface area contributed by atoms with E-state index in [2.05, 4.69) is 10.0 Å². The van der Waals surface area contributed by atoms with E-state index < -0.39 is 0 Å². The van der Waals surface area contributed by atoms with Crippen molar-refractivity contribution >= 4 is 5.97 Å². The van der Waals surface area contributed by atoms with E-state index in [1.807, 2.05) is 18.2 Å². The predicted octanol–water partition coefficient (Wildman–Crippen LogP) is 2.94. The van der Waals surface area contributed by atoms with Gasteiger partial charge in [-0.05, 0) is 36.9 Å². The molecule has 0 N–H and O–H groups in total. The van der Waals surface area contributed by atoms with Gasteiger partial charge < -0.3 is 9.57 Å². The summed E-state index contributed by atoms with van der Waals surface area (Å²) < 4.78 is 5.83. The highest BCUT2D eigenvalue weighted by atomic mass is 16.7. The average molecular weight is 316 g/mol. The van der Waals surface area contributed by atoms with Gasteiger partial charge in [-0.3, -0.25) is 0 Å². The fourth-order valence-corrected chi connectivity index (χ4v) is 3.51. The van der Waals surface area contributed by atoms with Gasteiger partial charge in [0.05, 0.1) is 11.7 Å². The van der Waals surface area contributed by atoms with Crippen LogP contribution in [-0.4, -0.2) is 43.4 Å². The van der Waals surface area contributed by atoms with E-state index in [0.29, 0.717) is 31.8 Å². The number of ether oxygens (including phenoxy) is 1. The minimum absolute atomic E-state index is 0.0938. The Balaban J connectivity index is 1.65. The van der Waals surface area contributed by atoms with Gasteiger partial charge in [0.25, 0.3) is 0 Å². The second-order valence-electron chi connectivity index (χ2n) is 6.07. The summed E-state index contributed by atoms with van der Waals surface area (Å²) in [5.74, 6) is -0.340. The molecule has 0 saturated carbocycles. The third kappa shape index (κ3) is 3.47. The molecule has 0 radical (unpaired) electrons. The Hall–Kier alpha value is -2.08. The first kappa shape index (κ1) is 15.8. The SMILES string of the molecule is [N-]=[N+]=NCC[C@@]12CCO[C@@H]1CCN(OC(=O)c1ccccc1)C2. The lowest BCUT2D eigenvalue weighted by Crippen LogP contribution is -2.50. The van der Waals surface area contributed by atoms with Crippen molar-refractivity contribution in [2.75, 3.05) is 26.2 Å². The number of azide groups is 1. The summed E-state index contributed by atoms with van der Waals surface area (Å²) >= 11 is 0. The Bertz CT molecular complexity index is 603. The Morgan fingerprint density at radius 2 is 2.30 bits per heavy atom. The van der Waals surface area contributed by atoms with Crippen molar-refractivity contribution in [2.45, 2.75) is 25.4 Å². The maximum Gasteiger partial charge on any atom is 0.357 e. The van der Waals surface area contributed by atoms with Gasteiger partial charge in [0.1, 0.15) is 0 Å². The molecule has 0 unspecified atom stereocenters. The van der Waals surface area contributed by atoms with Crippen LogP contribution in [0.15, 0.2) is 35.4 Å². The van der Waals surface area contributed by atoms with Gasteiger partial charge in [-0.15, -0.1) is 5.06 Å². The van der Waals surface area contributed by atoms with E-state index in [0.717, 1.165) is 19.3 Å². The highest BCUT2D eigenvalue weighted by Crippen LogP contribution is 2.43. The zero-order chi connectivity index (χ0) is 16.1. The highest BCUT2D eigenvalue weighted by Gasteiger charge is 2.48. The zero-order valence-electron chi connectivity index (χ0n) is 12.9. The molecule has 23 heavy (non-hydrogen) atoms. The summed E-state index contributed by atoms with van der Waals surface area (Å²) in [7, 11) is 0. The summed E-state index contributed by atoms with van der Waals surface area (Å²) in [6.07, 6.45) is 2.63. The largest absolute Gasteiger partial charge is 0.378 e. The third-order valence-corrected chi connectivity index (χ3v) is 4.73. The van der Waals surface area contributed by atoms with E-state index in [1.165, 1.54) is 0 Å². The minimum Gasteiger partial charge on any atom is -0.378 e. The van der Waals surface area contributed by atoms with Gasteiger partial charge >= 0.3 is 5.97 Å². The molecule has 2 aliphatic rings. The maximum atomic E-state index is 12.2. The fourth-order valence-electron chi connectivity index (χ4n) is 3.51. The third-order valence-electron chi connectivity index (χ3n) is 4.73. The smallest absolute Gasteiger partial charge is 0.357 e. The van der Waals surface area contributed by atoms with Crippen molar-refractivity contribution in [1.29, 1.82) is 0 Å². The van der Waals surface area contributed by atoms with Crippen LogP contribution in [0.3, 0.4) is 0 Å². The van der Waals surface area contributed by atoms with E-state index >= 15 is 0 Å². The molecule has 7 nitrogen and oxygen atoms in total. The second-order valence-corrected chi connectivity index (χ2v) is 6.07. The molecule has 1 aromatic carbocycles. The molecule has 122 valence electrons. The number of fused-ring (bicyclic) bond motifs is 1. The molecule has 2 aliphatic heterocycles. The number of hydrogen-bond donors (Lipinski definition) is 0. The molecule has 0 amide bonds. The number of piperidine rings is 1. The summed E-state index contributed by atoms with van der Waals surface area (Å²) in [4.78, 5) is 20.6. The lowest BCUT2D eigenvalue weighted by molar-refractivity contribution is -0.166.